The van der Waals surface area contributed by atoms with Crippen molar-refractivity contribution >= 4 is 17.0 Å². The Hall–Kier alpha value is -4.48. The zero-order chi connectivity index (χ0) is 27.9. The Kier molecular flexibility index (Phi) is 6.60. The van der Waals surface area contributed by atoms with Crippen LogP contribution in [0.4, 0.5) is 10.3 Å². The van der Waals surface area contributed by atoms with Crippen molar-refractivity contribution < 1.29 is 9.50 Å². The lowest BCUT2D eigenvalue weighted by Crippen LogP contribution is -2.35. The minimum Gasteiger partial charge on any atom is -0.391 e. The third-order valence-electron chi connectivity index (χ3n) is 7.30. The highest BCUT2D eigenvalue weighted by Gasteiger charge is 2.26. The summed E-state index contributed by atoms with van der Waals surface area (Å²) < 4.78 is 16.9. The summed E-state index contributed by atoms with van der Waals surface area (Å²) in [6.45, 7) is 5.42. The molecule has 0 bridgehead atoms. The monoisotopic (exact) mass is 539 g/mol. The first-order valence-corrected chi connectivity index (χ1v) is 13.1. The van der Waals surface area contributed by atoms with Crippen LogP contribution in [0.2, 0.25) is 0 Å². The van der Waals surface area contributed by atoms with Crippen LogP contribution in [0, 0.1) is 5.82 Å². The number of hydrogen-bond donors (Lipinski definition) is 2. The molecule has 1 aliphatic heterocycles. The first-order chi connectivity index (χ1) is 19.3. The van der Waals surface area contributed by atoms with E-state index in [-0.39, 0.29) is 5.82 Å². The average molecular weight is 540 g/mol. The number of rotatable bonds is 7. The number of anilines is 1. The Balaban J connectivity index is 1.19. The van der Waals surface area contributed by atoms with Crippen molar-refractivity contribution in [1.29, 1.82) is 0 Å². The first kappa shape index (κ1) is 25.8. The Morgan fingerprint density at radius 1 is 1.02 bits per heavy atom. The second-order valence-electron chi connectivity index (χ2n) is 10.4. The van der Waals surface area contributed by atoms with Crippen molar-refractivity contribution in [2.75, 3.05) is 18.0 Å². The van der Waals surface area contributed by atoms with Gasteiger partial charge in [0.25, 0.3) is 0 Å². The van der Waals surface area contributed by atoms with Crippen LogP contribution in [0.1, 0.15) is 37.1 Å². The summed E-state index contributed by atoms with van der Waals surface area (Å²) in [5.41, 5.74) is 12.2. The van der Waals surface area contributed by atoms with Gasteiger partial charge in [-0.25, -0.2) is 23.9 Å². The predicted octanol–water partition coefficient (Wildman–Crippen LogP) is 3.42. The maximum absolute atomic E-state index is 13.4. The van der Waals surface area contributed by atoms with Gasteiger partial charge < -0.3 is 15.7 Å². The molecule has 0 radical (unpaired) electrons. The fraction of sp³-hybridized carbons (Fsp3) is 0.276. The van der Waals surface area contributed by atoms with Crippen molar-refractivity contribution in [3.05, 3.63) is 96.4 Å². The van der Waals surface area contributed by atoms with E-state index >= 15 is 0 Å². The number of aliphatic hydroxyl groups is 1. The van der Waals surface area contributed by atoms with Gasteiger partial charge >= 0.3 is 0 Å². The van der Waals surface area contributed by atoms with Gasteiger partial charge in [-0.1, -0.05) is 18.2 Å². The SMILES string of the molecule is C[C@H](O)Cn1cc(-c2cc3c(C4=CCN(c5ncc([C@@](C)(N)c6ccc(F)cc6)cn5)CC4)ncnn3c2)cn1. The number of fused-ring (bicyclic) bond motifs is 1. The molecule has 40 heavy (non-hydrogen) atoms. The molecule has 1 aliphatic rings. The number of benzene rings is 1. The summed E-state index contributed by atoms with van der Waals surface area (Å²) in [6, 6.07) is 8.24. The summed E-state index contributed by atoms with van der Waals surface area (Å²) in [4.78, 5) is 15.9. The van der Waals surface area contributed by atoms with E-state index in [0.29, 0.717) is 19.0 Å². The molecule has 0 saturated carbocycles. The van der Waals surface area contributed by atoms with Gasteiger partial charge in [0.05, 0.1) is 35.6 Å². The number of halogens is 1. The molecular weight excluding hydrogens is 509 g/mol. The second kappa shape index (κ2) is 10.2. The summed E-state index contributed by atoms with van der Waals surface area (Å²) in [5, 5.41) is 18.4. The van der Waals surface area contributed by atoms with E-state index in [1.807, 2.05) is 23.8 Å². The van der Waals surface area contributed by atoms with Crippen LogP contribution >= 0.6 is 0 Å². The third-order valence-corrected chi connectivity index (χ3v) is 7.30. The minimum atomic E-state index is -0.842. The fourth-order valence-corrected chi connectivity index (χ4v) is 5.00. The highest BCUT2D eigenvalue weighted by molar-refractivity contribution is 5.80. The van der Waals surface area contributed by atoms with E-state index in [1.165, 1.54) is 12.1 Å². The largest absolute Gasteiger partial charge is 0.391 e. The molecular formula is C29H30FN9O. The van der Waals surface area contributed by atoms with Gasteiger partial charge in [-0.15, -0.1) is 0 Å². The van der Waals surface area contributed by atoms with E-state index in [0.717, 1.165) is 52.0 Å². The third kappa shape index (κ3) is 4.96. The van der Waals surface area contributed by atoms with Gasteiger partial charge in [0.2, 0.25) is 5.95 Å². The van der Waals surface area contributed by atoms with Gasteiger partial charge in [0.1, 0.15) is 12.1 Å². The Bertz CT molecular complexity index is 1670. The zero-order valence-electron chi connectivity index (χ0n) is 22.3. The normalized spacial score (nSPS) is 16.1. The van der Waals surface area contributed by atoms with Crippen LogP contribution in [-0.2, 0) is 12.1 Å². The van der Waals surface area contributed by atoms with Crippen molar-refractivity contribution in [1.82, 2.24) is 34.3 Å². The molecule has 1 aromatic carbocycles. The molecule has 0 unspecified atom stereocenters. The van der Waals surface area contributed by atoms with Crippen molar-refractivity contribution in [2.45, 2.75) is 38.5 Å². The lowest BCUT2D eigenvalue weighted by atomic mass is 9.87. The molecule has 0 fully saturated rings. The molecule has 4 aromatic heterocycles. The van der Waals surface area contributed by atoms with Crippen LogP contribution in [0.25, 0.3) is 22.2 Å². The standard InChI is InChI=1S/C29H30FN9O/c1-19(40)15-38-16-22(12-35-38)21-11-26-27(34-18-36-39(26)17-21)20-7-9-37(10-8-20)28-32-13-24(14-33-28)29(2,31)23-3-5-25(30)6-4-23/h3-7,11-14,16-19,40H,8-10,15,31H2,1-2H3/t19-,29-/m0/s1. The minimum absolute atomic E-state index is 0.301. The van der Waals surface area contributed by atoms with Gasteiger partial charge in [0.15, 0.2) is 0 Å². The maximum atomic E-state index is 13.4. The van der Waals surface area contributed by atoms with Gasteiger partial charge in [-0.3, -0.25) is 4.68 Å². The molecule has 11 heteroatoms. The Morgan fingerprint density at radius 2 is 1.80 bits per heavy atom. The molecule has 2 atom stereocenters. The highest BCUT2D eigenvalue weighted by Crippen LogP contribution is 2.30. The van der Waals surface area contributed by atoms with Crippen molar-refractivity contribution in [3.8, 4) is 11.1 Å². The molecule has 6 rings (SSSR count). The van der Waals surface area contributed by atoms with Gasteiger partial charge in [-0.05, 0) is 49.6 Å². The van der Waals surface area contributed by atoms with Crippen LogP contribution in [0.3, 0.4) is 0 Å². The second-order valence-corrected chi connectivity index (χ2v) is 10.4. The lowest BCUT2D eigenvalue weighted by molar-refractivity contribution is 0.168. The molecule has 0 saturated heterocycles. The van der Waals surface area contributed by atoms with E-state index in [2.05, 4.69) is 42.2 Å². The summed E-state index contributed by atoms with van der Waals surface area (Å²) in [6.07, 6.45) is 13.2. The van der Waals surface area contributed by atoms with E-state index < -0.39 is 11.6 Å². The smallest absolute Gasteiger partial charge is 0.225 e. The molecule has 3 N–H and O–H groups in total. The van der Waals surface area contributed by atoms with E-state index in [4.69, 9.17) is 5.73 Å². The summed E-state index contributed by atoms with van der Waals surface area (Å²) in [5.74, 6) is 0.325. The first-order valence-electron chi connectivity index (χ1n) is 13.1. The number of aromatic nitrogens is 7. The molecule has 5 heterocycles. The molecule has 0 spiro atoms. The highest BCUT2D eigenvalue weighted by atomic mass is 19.1. The molecule has 5 aromatic rings. The Labute approximate surface area is 230 Å². The average Bonchev–Trinajstić information content (AvgIpc) is 3.60. The molecule has 0 aliphatic carbocycles. The van der Waals surface area contributed by atoms with Gasteiger partial charge in [-0.2, -0.15) is 10.2 Å². The van der Waals surface area contributed by atoms with Crippen LogP contribution in [-0.4, -0.2) is 58.6 Å². The van der Waals surface area contributed by atoms with Crippen LogP contribution in [0.5, 0.6) is 0 Å². The topological polar surface area (TPSA) is 123 Å². The predicted molar refractivity (Wildman–Crippen MR) is 150 cm³/mol. The van der Waals surface area contributed by atoms with Crippen LogP contribution in [0.15, 0.2) is 73.7 Å². The molecule has 0 amide bonds. The molecule has 204 valence electrons. The fourth-order valence-electron chi connectivity index (χ4n) is 5.00. The number of aliphatic hydroxyl groups excluding tert-OH is 1. The van der Waals surface area contributed by atoms with Crippen LogP contribution < -0.4 is 10.6 Å². The van der Waals surface area contributed by atoms with E-state index in [9.17, 15) is 9.50 Å². The van der Waals surface area contributed by atoms with Gasteiger partial charge in [0, 0.05) is 54.6 Å². The number of hydrogen-bond acceptors (Lipinski definition) is 8. The zero-order valence-corrected chi connectivity index (χ0v) is 22.3. The maximum Gasteiger partial charge on any atom is 0.225 e. The van der Waals surface area contributed by atoms with Crippen molar-refractivity contribution in [3.63, 3.8) is 0 Å². The number of nitrogens with zero attached hydrogens (tertiary/aromatic N) is 8. The quantitative estimate of drug-likeness (QED) is 0.323. The lowest BCUT2D eigenvalue weighted by Gasteiger charge is -2.28. The van der Waals surface area contributed by atoms with E-state index in [1.54, 1.807) is 48.7 Å². The molecule has 10 nitrogen and oxygen atoms in total. The Morgan fingerprint density at radius 3 is 2.50 bits per heavy atom. The van der Waals surface area contributed by atoms with Crippen molar-refractivity contribution in [2.24, 2.45) is 5.73 Å². The summed E-state index contributed by atoms with van der Waals surface area (Å²) in [7, 11) is 0. The number of nitrogens with two attached hydrogens (primary N) is 1. The summed E-state index contributed by atoms with van der Waals surface area (Å²) >= 11 is 0.